The number of amides is 1. The first-order chi connectivity index (χ1) is 8.77. The van der Waals surface area contributed by atoms with Crippen molar-refractivity contribution in [1.82, 2.24) is 5.32 Å². The van der Waals surface area contributed by atoms with Crippen LogP contribution in [0.25, 0.3) is 0 Å². The summed E-state index contributed by atoms with van der Waals surface area (Å²) in [5.74, 6) is 1.71. The van der Waals surface area contributed by atoms with Crippen LogP contribution in [0.1, 0.15) is 64.7 Å². The Kier molecular flexibility index (Phi) is 8.74. The van der Waals surface area contributed by atoms with E-state index in [1.807, 2.05) is 0 Å². The maximum Gasteiger partial charge on any atom is 0.220 e. The van der Waals surface area contributed by atoms with Crippen molar-refractivity contribution in [3.05, 3.63) is 0 Å². The second-order valence-corrected chi connectivity index (χ2v) is 6.22. The van der Waals surface area contributed by atoms with Gasteiger partial charge in [0.05, 0.1) is 0 Å². The van der Waals surface area contributed by atoms with Crippen molar-refractivity contribution in [3.8, 4) is 0 Å². The molecule has 0 aliphatic heterocycles. The minimum atomic E-state index is 0.255. The Labute approximate surface area is 120 Å². The average molecular weight is 318 g/mol. The molecule has 1 saturated carbocycles. The van der Waals surface area contributed by atoms with Gasteiger partial charge in [0.1, 0.15) is 0 Å². The summed E-state index contributed by atoms with van der Waals surface area (Å²) in [6.45, 7) is 3.09. The van der Waals surface area contributed by atoms with Crippen LogP contribution in [0.3, 0.4) is 0 Å². The van der Waals surface area contributed by atoms with E-state index in [0.29, 0.717) is 12.3 Å². The maximum absolute atomic E-state index is 11.7. The SMILES string of the molecule is CCCCCCC(=O)NCC1CCCCC1CBr. The first kappa shape index (κ1) is 16.0. The van der Waals surface area contributed by atoms with Gasteiger partial charge in [0.15, 0.2) is 0 Å². The molecular weight excluding hydrogens is 290 g/mol. The number of unbranched alkanes of at least 4 members (excludes halogenated alkanes) is 3. The number of rotatable bonds is 8. The predicted molar refractivity (Wildman–Crippen MR) is 81.0 cm³/mol. The topological polar surface area (TPSA) is 29.1 Å². The van der Waals surface area contributed by atoms with Crippen molar-refractivity contribution < 1.29 is 4.79 Å². The summed E-state index contributed by atoms with van der Waals surface area (Å²) in [4.78, 5) is 11.7. The molecule has 0 heterocycles. The maximum atomic E-state index is 11.7. The van der Waals surface area contributed by atoms with E-state index in [9.17, 15) is 4.79 Å². The summed E-state index contributed by atoms with van der Waals surface area (Å²) in [6, 6.07) is 0. The Bertz CT molecular complexity index is 233. The lowest BCUT2D eigenvalue weighted by Crippen LogP contribution is -2.34. The molecule has 1 amide bonds. The molecule has 1 rings (SSSR count). The standard InChI is InChI=1S/C15H28BrNO/c1-2-3-4-5-10-15(18)17-12-14-9-7-6-8-13(14)11-16/h13-14H,2-12H2,1H3,(H,17,18). The summed E-state index contributed by atoms with van der Waals surface area (Å²) in [7, 11) is 0. The summed E-state index contributed by atoms with van der Waals surface area (Å²) >= 11 is 3.60. The lowest BCUT2D eigenvalue weighted by atomic mass is 9.80. The molecule has 0 spiro atoms. The van der Waals surface area contributed by atoms with Gasteiger partial charge in [0.2, 0.25) is 5.91 Å². The van der Waals surface area contributed by atoms with Gasteiger partial charge in [-0.1, -0.05) is 55.0 Å². The highest BCUT2D eigenvalue weighted by Crippen LogP contribution is 2.30. The molecule has 2 atom stereocenters. The van der Waals surface area contributed by atoms with Crippen molar-refractivity contribution in [2.45, 2.75) is 64.7 Å². The van der Waals surface area contributed by atoms with Gasteiger partial charge in [0, 0.05) is 18.3 Å². The molecule has 0 bridgehead atoms. The Morgan fingerprint density at radius 2 is 1.89 bits per heavy atom. The fraction of sp³-hybridized carbons (Fsp3) is 0.933. The third kappa shape index (κ3) is 6.21. The van der Waals surface area contributed by atoms with Gasteiger partial charge in [-0.15, -0.1) is 0 Å². The van der Waals surface area contributed by atoms with E-state index >= 15 is 0 Å². The number of carbonyl (C=O) groups is 1. The van der Waals surface area contributed by atoms with Crippen molar-refractivity contribution in [2.24, 2.45) is 11.8 Å². The summed E-state index contributed by atoms with van der Waals surface area (Å²) in [6.07, 6.45) is 10.7. The molecule has 0 aromatic carbocycles. The van der Waals surface area contributed by atoms with E-state index in [0.717, 1.165) is 24.2 Å². The number of hydrogen-bond donors (Lipinski definition) is 1. The van der Waals surface area contributed by atoms with Gasteiger partial charge in [0.25, 0.3) is 0 Å². The van der Waals surface area contributed by atoms with Crippen LogP contribution in [-0.2, 0) is 4.79 Å². The lowest BCUT2D eigenvalue weighted by Gasteiger charge is -2.30. The van der Waals surface area contributed by atoms with Crippen LogP contribution < -0.4 is 5.32 Å². The van der Waals surface area contributed by atoms with Crippen molar-refractivity contribution in [3.63, 3.8) is 0 Å². The number of hydrogen-bond acceptors (Lipinski definition) is 1. The minimum Gasteiger partial charge on any atom is -0.356 e. The largest absolute Gasteiger partial charge is 0.356 e. The van der Waals surface area contributed by atoms with Crippen molar-refractivity contribution in [1.29, 1.82) is 0 Å². The molecule has 1 aliphatic carbocycles. The fourth-order valence-corrected chi connectivity index (χ4v) is 3.65. The van der Waals surface area contributed by atoms with Crippen molar-refractivity contribution >= 4 is 21.8 Å². The molecule has 2 unspecified atom stereocenters. The number of alkyl halides is 1. The monoisotopic (exact) mass is 317 g/mol. The predicted octanol–water partition coefficient (Wildman–Crippen LogP) is 4.27. The van der Waals surface area contributed by atoms with Crippen LogP contribution in [0.5, 0.6) is 0 Å². The molecule has 0 aromatic rings. The number of nitrogens with one attached hydrogen (secondary N) is 1. The van der Waals surface area contributed by atoms with E-state index < -0.39 is 0 Å². The molecule has 0 radical (unpaired) electrons. The zero-order valence-corrected chi connectivity index (χ0v) is 13.3. The van der Waals surface area contributed by atoms with Gasteiger partial charge in [-0.25, -0.2) is 0 Å². The van der Waals surface area contributed by atoms with E-state index in [1.54, 1.807) is 0 Å². The third-order valence-electron chi connectivity index (χ3n) is 4.08. The first-order valence-electron chi connectivity index (χ1n) is 7.60. The third-order valence-corrected chi connectivity index (χ3v) is 4.92. The summed E-state index contributed by atoms with van der Waals surface area (Å²) < 4.78 is 0. The molecule has 106 valence electrons. The van der Waals surface area contributed by atoms with Crippen molar-refractivity contribution in [2.75, 3.05) is 11.9 Å². The zero-order valence-electron chi connectivity index (χ0n) is 11.7. The highest BCUT2D eigenvalue weighted by molar-refractivity contribution is 9.09. The van der Waals surface area contributed by atoms with E-state index in [1.165, 1.54) is 44.9 Å². The number of carbonyl (C=O) groups excluding carboxylic acids is 1. The van der Waals surface area contributed by atoms with Crippen LogP contribution in [0, 0.1) is 11.8 Å². The lowest BCUT2D eigenvalue weighted by molar-refractivity contribution is -0.121. The molecule has 1 fully saturated rings. The van der Waals surface area contributed by atoms with Crippen LogP contribution in [-0.4, -0.2) is 17.8 Å². The molecule has 0 aromatic heterocycles. The van der Waals surface area contributed by atoms with Crippen LogP contribution in [0.2, 0.25) is 0 Å². The Balaban J connectivity index is 2.12. The van der Waals surface area contributed by atoms with Gasteiger partial charge in [-0.3, -0.25) is 4.79 Å². The summed E-state index contributed by atoms with van der Waals surface area (Å²) in [5, 5.41) is 4.22. The summed E-state index contributed by atoms with van der Waals surface area (Å²) in [5.41, 5.74) is 0. The first-order valence-corrected chi connectivity index (χ1v) is 8.72. The Morgan fingerprint density at radius 3 is 2.56 bits per heavy atom. The fourth-order valence-electron chi connectivity index (χ4n) is 2.80. The average Bonchev–Trinajstić information content (AvgIpc) is 2.41. The van der Waals surface area contributed by atoms with E-state index in [2.05, 4.69) is 28.2 Å². The Hall–Kier alpha value is -0.0500. The molecule has 1 aliphatic rings. The molecule has 2 nitrogen and oxygen atoms in total. The molecule has 1 N–H and O–H groups in total. The molecular formula is C15H28BrNO. The molecule has 0 saturated heterocycles. The second-order valence-electron chi connectivity index (χ2n) is 5.57. The van der Waals surface area contributed by atoms with Gasteiger partial charge < -0.3 is 5.32 Å². The van der Waals surface area contributed by atoms with Crippen LogP contribution >= 0.6 is 15.9 Å². The van der Waals surface area contributed by atoms with E-state index in [4.69, 9.17) is 0 Å². The highest BCUT2D eigenvalue weighted by Gasteiger charge is 2.24. The zero-order chi connectivity index (χ0) is 13.2. The van der Waals surface area contributed by atoms with Gasteiger partial charge in [-0.2, -0.15) is 0 Å². The van der Waals surface area contributed by atoms with E-state index in [-0.39, 0.29) is 5.91 Å². The molecule has 18 heavy (non-hydrogen) atoms. The Morgan fingerprint density at radius 1 is 1.17 bits per heavy atom. The second kappa shape index (κ2) is 9.82. The minimum absolute atomic E-state index is 0.255. The number of halogens is 1. The van der Waals surface area contributed by atoms with Gasteiger partial charge in [-0.05, 0) is 31.1 Å². The van der Waals surface area contributed by atoms with Gasteiger partial charge >= 0.3 is 0 Å². The normalized spacial score (nSPS) is 23.9. The smallest absolute Gasteiger partial charge is 0.220 e. The highest BCUT2D eigenvalue weighted by atomic mass is 79.9. The quantitative estimate of drug-likeness (QED) is 0.525. The van der Waals surface area contributed by atoms with Crippen LogP contribution in [0.15, 0.2) is 0 Å². The molecule has 3 heteroatoms. The van der Waals surface area contributed by atoms with Crippen LogP contribution in [0.4, 0.5) is 0 Å².